The average Bonchev–Trinajstić information content (AvgIpc) is 2.86. The molecule has 3 atom stereocenters. The quantitative estimate of drug-likeness (QED) is 0.480. The van der Waals surface area contributed by atoms with Crippen LogP contribution in [0.1, 0.15) is 40.5 Å². The maximum Gasteiger partial charge on any atom is 0.192 e. The number of aliphatic hydroxyl groups is 1. The molecule has 20 heavy (non-hydrogen) atoms. The van der Waals surface area contributed by atoms with E-state index in [2.05, 4.69) is 47.4 Å². The van der Waals surface area contributed by atoms with Crippen LogP contribution in [0.3, 0.4) is 0 Å². The van der Waals surface area contributed by atoms with E-state index in [0.29, 0.717) is 12.5 Å². The molecule has 4 heteroatoms. The molecule has 0 aromatic rings. The Balaban J connectivity index is 2.13. The summed E-state index contributed by atoms with van der Waals surface area (Å²) in [4.78, 5) is 0. The number of epoxide rings is 1. The summed E-state index contributed by atoms with van der Waals surface area (Å²) in [6, 6.07) is 0. The van der Waals surface area contributed by atoms with Gasteiger partial charge < -0.3 is 14.3 Å². The van der Waals surface area contributed by atoms with Crippen LogP contribution in [0.25, 0.3) is 0 Å². The van der Waals surface area contributed by atoms with E-state index in [9.17, 15) is 5.11 Å². The van der Waals surface area contributed by atoms with Gasteiger partial charge >= 0.3 is 0 Å². The summed E-state index contributed by atoms with van der Waals surface area (Å²) < 4.78 is 12.4. The van der Waals surface area contributed by atoms with Gasteiger partial charge in [0.05, 0.1) is 13.2 Å². The van der Waals surface area contributed by atoms with Crippen LogP contribution < -0.4 is 0 Å². The third kappa shape index (κ3) is 2.21. The van der Waals surface area contributed by atoms with Gasteiger partial charge in [-0.1, -0.05) is 32.9 Å². The molecule has 116 valence electrons. The third-order valence-electron chi connectivity index (χ3n) is 5.81. The Hall–Kier alpha value is -0.163. The SMILES string of the molecule is C=C(C)[C@@H]1CC[C@@]2(CO)O[C@@]12CO[Si](C)(C)C(C)(C)C. The Morgan fingerprint density at radius 3 is 2.45 bits per heavy atom. The first-order valence-electron chi connectivity index (χ1n) is 7.62. The Morgan fingerprint density at radius 2 is 2.05 bits per heavy atom. The minimum atomic E-state index is -1.79. The number of hydrogen-bond acceptors (Lipinski definition) is 3. The fraction of sp³-hybridized carbons (Fsp3) is 0.875. The molecule has 0 amide bonds. The highest BCUT2D eigenvalue weighted by molar-refractivity contribution is 6.74. The van der Waals surface area contributed by atoms with Crippen molar-refractivity contribution in [1.29, 1.82) is 0 Å². The van der Waals surface area contributed by atoms with Crippen LogP contribution >= 0.6 is 0 Å². The summed E-state index contributed by atoms with van der Waals surface area (Å²) in [5.74, 6) is 0.319. The summed E-state index contributed by atoms with van der Waals surface area (Å²) in [5.41, 5.74) is 0.471. The molecule has 1 aliphatic heterocycles. The fourth-order valence-electron chi connectivity index (χ4n) is 3.24. The van der Waals surface area contributed by atoms with Crippen molar-refractivity contribution in [3.05, 3.63) is 12.2 Å². The average molecular weight is 298 g/mol. The van der Waals surface area contributed by atoms with Crippen molar-refractivity contribution in [3.63, 3.8) is 0 Å². The van der Waals surface area contributed by atoms with E-state index < -0.39 is 8.32 Å². The fourth-order valence-corrected chi connectivity index (χ4v) is 4.25. The number of hydrogen-bond donors (Lipinski definition) is 1. The Labute approximate surface area is 124 Å². The monoisotopic (exact) mass is 298 g/mol. The van der Waals surface area contributed by atoms with Gasteiger partial charge in [0.25, 0.3) is 0 Å². The minimum absolute atomic E-state index is 0.0949. The zero-order valence-electron chi connectivity index (χ0n) is 13.9. The number of aliphatic hydroxyl groups excluding tert-OH is 1. The minimum Gasteiger partial charge on any atom is -0.414 e. The normalized spacial score (nSPS) is 36.9. The zero-order valence-corrected chi connectivity index (χ0v) is 14.9. The molecule has 0 aromatic heterocycles. The number of ether oxygens (including phenoxy) is 1. The van der Waals surface area contributed by atoms with Crippen LogP contribution in [0.4, 0.5) is 0 Å². The van der Waals surface area contributed by atoms with Crippen molar-refractivity contribution >= 4 is 8.32 Å². The van der Waals surface area contributed by atoms with E-state index in [1.807, 2.05) is 0 Å². The van der Waals surface area contributed by atoms with E-state index in [0.717, 1.165) is 18.4 Å². The largest absolute Gasteiger partial charge is 0.414 e. The molecule has 1 N–H and O–H groups in total. The van der Waals surface area contributed by atoms with Gasteiger partial charge in [-0.15, -0.1) is 0 Å². The lowest BCUT2D eigenvalue weighted by Crippen LogP contribution is -2.45. The molecular formula is C16H30O3Si. The van der Waals surface area contributed by atoms with Crippen LogP contribution in [0, 0.1) is 5.92 Å². The molecule has 0 radical (unpaired) electrons. The molecule has 0 unspecified atom stereocenters. The lowest BCUT2D eigenvalue weighted by atomic mass is 9.86. The van der Waals surface area contributed by atoms with Gasteiger partial charge in [-0.3, -0.25) is 0 Å². The van der Waals surface area contributed by atoms with E-state index in [1.165, 1.54) is 0 Å². The van der Waals surface area contributed by atoms with E-state index in [4.69, 9.17) is 9.16 Å². The molecule has 2 aliphatic rings. The van der Waals surface area contributed by atoms with Crippen molar-refractivity contribution in [2.45, 2.75) is 69.9 Å². The van der Waals surface area contributed by atoms with Crippen molar-refractivity contribution in [2.75, 3.05) is 13.2 Å². The lowest BCUT2D eigenvalue weighted by Gasteiger charge is -2.37. The van der Waals surface area contributed by atoms with E-state index in [-0.39, 0.29) is 22.8 Å². The van der Waals surface area contributed by atoms with E-state index in [1.54, 1.807) is 0 Å². The Bertz CT molecular complexity index is 412. The van der Waals surface area contributed by atoms with Gasteiger partial charge in [0.15, 0.2) is 8.32 Å². The third-order valence-corrected chi connectivity index (χ3v) is 10.3. The summed E-state index contributed by atoms with van der Waals surface area (Å²) in [6.07, 6.45) is 1.97. The van der Waals surface area contributed by atoms with Gasteiger partial charge in [0.2, 0.25) is 0 Å². The first-order chi connectivity index (χ1) is 9.01. The van der Waals surface area contributed by atoms with Crippen LogP contribution in [0.5, 0.6) is 0 Å². The molecule has 1 saturated heterocycles. The van der Waals surface area contributed by atoms with Gasteiger partial charge in [-0.2, -0.15) is 0 Å². The summed E-state index contributed by atoms with van der Waals surface area (Å²) in [5, 5.41) is 9.91. The molecule has 1 aliphatic carbocycles. The smallest absolute Gasteiger partial charge is 0.192 e. The Morgan fingerprint density at radius 1 is 1.45 bits per heavy atom. The maximum absolute atomic E-state index is 9.72. The van der Waals surface area contributed by atoms with Gasteiger partial charge in [0, 0.05) is 5.92 Å². The second kappa shape index (κ2) is 4.67. The van der Waals surface area contributed by atoms with Crippen LogP contribution in [0.15, 0.2) is 12.2 Å². The first-order valence-corrected chi connectivity index (χ1v) is 10.5. The highest BCUT2D eigenvalue weighted by atomic mass is 28.4. The lowest BCUT2D eigenvalue weighted by molar-refractivity contribution is 0.112. The second-order valence-electron chi connectivity index (χ2n) is 8.13. The maximum atomic E-state index is 9.72. The molecule has 0 spiro atoms. The van der Waals surface area contributed by atoms with Gasteiger partial charge in [-0.05, 0) is 37.9 Å². The van der Waals surface area contributed by atoms with Gasteiger partial charge in [0.1, 0.15) is 11.2 Å². The van der Waals surface area contributed by atoms with Crippen molar-refractivity contribution < 1.29 is 14.3 Å². The van der Waals surface area contributed by atoms with E-state index >= 15 is 0 Å². The number of fused-ring (bicyclic) bond motifs is 1. The summed E-state index contributed by atoms with van der Waals surface area (Å²) in [7, 11) is -1.79. The molecule has 0 bridgehead atoms. The zero-order chi connectivity index (χ0) is 15.4. The molecule has 2 fully saturated rings. The predicted octanol–water partition coefficient (Wildman–Crippen LogP) is 3.49. The van der Waals surface area contributed by atoms with Crippen LogP contribution in [-0.2, 0) is 9.16 Å². The Kier molecular flexibility index (Phi) is 3.78. The number of rotatable bonds is 5. The highest BCUT2D eigenvalue weighted by Gasteiger charge is 2.76. The first kappa shape index (κ1) is 16.2. The predicted molar refractivity (Wildman–Crippen MR) is 84.3 cm³/mol. The molecular weight excluding hydrogens is 268 g/mol. The summed E-state index contributed by atoms with van der Waals surface area (Å²) in [6.45, 7) is 18.1. The molecule has 3 nitrogen and oxygen atoms in total. The van der Waals surface area contributed by atoms with Gasteiger partial charge in [-0.25, -0.2) is 0 Å². The van der Waals surface area contributed by atoms with Crippen molar-refractivity contribution in [3.8, 4) is 0 Å². The standard InChI is InChI=1S/C16H30O3Si/c1-12(2)13-8-9-15(10-17)16(13,19-15)11-18-20(6,7)14(3,4)5/h13,17H,1,8-11H2,2-7H3/t13-,15-,16-/m0/s1. The van der Waals surface area contributed by atoms with Crippen LogP contribution in [0.2, 0.25) is 18.1 Å². The van der Waals surface area contributed by atoms with Crippen LogP contribution in [-0.4, -0.2) is 37.8 Å². The molecule has 0 aromatic carbocycles. The summed E-state index contributed by atoms with van der Waals surface area (Å²) >= 11 is 0. The highest BCUT2D eigenvalue weighted by Crippen LogP contribution is 2.64. The van der Waals surface area contributed by atoms with Crippen molar-refractivity contribution in [1.82, 2.24) is 0 Å². The molecule has 1 heterocycles. The van der Waals surface area contributed by atoms with Crippen molar-refractivity contribution in [2.24, 2.45) is 5.92 Å². The molecule has 2 rings (SSSR count). The second-order valence-corrected chi connectivity index (χ2v) is 12.9. The molecule has 1 saturated carbocycles. The topological polar surface area (TPSA) is 42.0 Å².